The summed E-state index contributed by atoms with van der Waals surface area (Å²) >= 11 is 1.61. The van der Waals surface area contributed by atoms with Crippen LogP contribution in [-0.4, -0.2) is 24.0 Å². The lowest BCUT2D eigenvalue weighted by Gasteiger charge is -2.15. The maximum atomic E-state index is 5.38. The highest BCUT2D eigenvalue weighted by Gasteiger charge is 2.09. The van der Waals surface area contributed by atoms with Crippen molar-refractivity contribution in [2.75, 3.05) is 14.2 Å². The van der Waals surface area contributed by atoms with Gasteiger partial charge in [0.1, 0.15) is 5.75 Å². The molecule has 22 heavy (non-hydrogen) atoms. The van der Waals surface area contributed by atoms with E-state index < -0.39 is 0 Å². The Kier molecular flexibility index (Phi) is 4.56. The normalized spacial score (nSPS) is 11.0. The highest BCUT2D eigenvalue weighted by Crippen LogP contribution is 2.24. The van der Waals surface area contributed by atoms with Crippen LogP contribution in [0.15, 0.2) is 52.5 Å². The Morgan fingerprint density at radius 1 is 1.23 bits per heavy atom. The molecule has 0 atom stereocenters. The first-order chi connectivity index (χ1) is 10.7. The van der Waals surface area contributed by atoms with E-state index in [-0.39, 0.29) is 0 Å². The molecule has 0 fully saturated rings. The van der Waals surface area contributed by atoms with E-state index in [1.807, 2.05) is 24.3 Å². The molecule has 4 nitrogen and oxygen atoms in total. The van der Waals surface area contributed by atoms with Gasteiger partial charge in [-0.2, -0.15) is 0 Å². The van der Waals surface area contributed by atoms with Crippen molar-refractivity contribution in [3.05, 3.63) is 59.3 Å². The lowest BCUT2D eigenvalue weighted by Crippen LogP contribution is -2.17. The topological polar surface area (TPSA) is 38.5 Å². The Balaban J connectivity index is 1.63. The summed E-state index contributed by atoms with van der Waals surface area (Å²) < 4.78 is 10.6. The molecule has 0 spiro atoms. The van der Waals surface area contributed by atoms with Crippen LogP contribution in [0.5, 0.6) is 5.75 Å². The van der Waals surface area contributed by atoms with Crippen LogP contribution in [0.2, 0.25) is 0 Å². The van der Waals surface area contributed by atoms with E-state index >= 15 is 0 Å². The maximum absolute atomic E-state index is 5.38. The maximum Gasteiger partial charge on any atom is 0.162 e. The van der Waals surface area contributed by atoms with Gasteiger partial charge in [-0.3, -0.25) is 4.90 Å². The fraction of sp³-hybridized carbons (Fsp3) is 0.235. The van der Waals surface area contributed by atoms with Crippen LogP contribution in [0.1, 0.15) is 11.3 Å². The summed E-state index contributed by atoms with van der Waals surface area (Å²) in [5.74, 6) is 1.71. The second-order valence-corrected chi connectivity index (χ2v) is 6.00. The number of ether oxygens (including phenoxy) is 1. The van der Waals surface area contributed by atoms with Gasteiger partial charge in [-0.05, 0) is 36.9 Å². The Morgan fingerprint density at radius 3 is 2.91 bits per heavy atom. The minimum absolute atomic E-state index is 0.800. The van der Waals surface area contributed by atoms with Crippen LogP contribution in [0, 0.1) is 0 Å². The van der Waals surface area contributed by atoms with Crippen molar-refractivity contribution >= 4 is 11.3 Å². The summed E-state index contributed by atoms with van der Waals surface area (Å²) in [4.78, 5) is 6.86. The molecule has 2 heterocycles. The molecule has 114 valence electrons. The van der Waals surface area contributed by atoms with Gasteiger partial charge in [-0.1, -0.05) is 12.1 Å². The minimum atomic E-state index is 0.800. The standard InChI is InChI=1S/C17H18N2O2S/c1-19(10-13-5-3-6-15(9-13)20-2)11-14-12-22-17(18-14)16-7-4-8-21-16/h3-9,12H,10-11H2,1-2H3. The molecule has 0 saturated heterocycles. The molecule has 5 heteroatoms. The van der Waals surface area contributed by atoms with Gasteiger partial charge in [0.25, 0.3) is 0 Å². The van der Waals surface area contributed by atoms with Crippen molar-refractivity contribution in [2.24, 2.45) is 0 Å². The van der Waals surface area contributed by atoms with Crippen LogP contribution < -0.4 is 4.74 Å². The van der Waals surface area contributed by atoms with Crippen LogP contribution in [0.4, 0.5) is 0 Å². The summed E-state index contributed by atoms with van der Waals surface area (Å²) in [7, 11) is 3.78. The van der Waals surface area contributed by atoms with Crippen molar-refractivity contribution in [2.45, 2.75) is 13.1 Å². The predicted octanol–water partition coefficient (Wildman–Crippen LogP) is 4.04. The molecular weight excluding hydrogens is 296 g/mol. The smallest absolute Gasteiger partial charge is 0.162 e. The van der Waals surface area contributed by atoms with Crippen LogP contribution in [0.3, 0.4) is 0 Å². The summed E-state index contributed by atoms with van der Waals surface area (Å²) in [5.41, 5.74) is 2.28. The Labute approximate surface area is 134 Å². The molecule has 0 bridgehead atoms. The molecule has 0 radical (unpaired) electrons. The molecule has 0 unspecified atom stereocenters. The third-order valence-corrected chi connectivity index (χ3v) is 4.21. The van der Waals surface area contributed by atoms with E-state index in [2.05, 4.69) is 34.4 Å². The number of benzene rings is 1. The first-order valence-electron chi connectivity index (χ1n) is 7.04. The average molecular weight is 314 g/mol. The zero-order valence-corrected chi connectivity index (χ0v) is 13.5. The molecule has 0 aliphatic carbocycles. The van der Waals surface area contributed by atoms with Gasteiger partial charge < -0.3 is 9.15 Å². The highest BCUT2D eigenvalue weighted by molar-refractivity contribution is 7.13. The van der Waals surface area contributed by atoms with Gasteiger partial charge in [0, 0.05) is 18.5 Å². The summed E-state index contributed by atoms with van der Waals surface area (Å²) in [6.07, 6.45) is 1.67. The zero-order valence-electron chi connectivity index (χ0n) is 12.7. The van der Waals surface area contributed by atoms with Crippen molar-refractivity contribution in [3.63, 3.8) is 0 Å². The SMILES string of the molecule is COc1cccc(CN(C)Cc2csc(-c3ccco3)n2)c1. The lowest BCUT2D eigenvalue weighted by atomic mass is 10.2. The third kappa shape index (κ3) is 3.55. The van der Waals surface area contributed by atoms with Crippen LogP contribution in [0.25, 0.3) is 10.8 Å². The van der Waals surface area contributed by atoms with Gasteiger partial charge in [-0.25, -0.2) is 4.98 Å². The third-order valence-electron chi connectivity index (χ3n) is 3.30. The Morgan fingerprint density at radius 2 is 2.14 bits per heavy atom. The molecule has 0 aliphatic heterocycles. The number of hydrogen-bond donors (Lipinski definition) is 0. The zero-order chi connectivity index (χ0) is 15.4. The number of furan rings is 1. The molecule has 2 aromatic heterocycles. The number of thiazole rings is 1. The number of methoxy groups -OCH3 is 1. The van der Waals surface area contributed by atoms with Crippen molar-refractivity contribution in [1.82, 2.24) is 9.88 Å². The fourth-order valence-corrected chi connectivity index (χ4v) is 3.09. The van der Waals surface area contributed by atoms with Gasteiger partial charge in [0.05, 0.1) is 19.1 Å². The van der Waals surface area contributed by atoms with Gasteiger partial charge in [0.15, 0.2) is 10.8 Å². The summed E-state index contributed by atoms with van der Waals surface area (Å²) in [5, 5.41) is 3.01. The molecule has 0 amide bonds. The lowest BCUT2D eigenvalue weighted by molar-refractivity contribution is 0.315. The van der Waals surface area contributed by atoms with E-state index in [1.165, 1.54) is 5.56 Å². The van der Waals surface area contributed by atoms with Gasteiger partial charge in [-0.15, -0.1) is 11.3 Å². The van der Waals surface area contributed by atoms with E-state index in [0.29, 0.717) is 0 Å². The Hall–Kier alpha value is -2.11. The van der Waals surface area contributed by atoms with Crippen molar-refractivity contribution in [3.8, 4) is 16.5 Å². The van der Waals surface area contributed by atoms with Gasteiger partial charge in [0.2, 0.25) is 0 Å². The fourth-order valence-electron chi connectivity index (χ4n) is 2.31. The number of aromatic nitrogens is 1. The highest BCUT2D eigenvalue weighted by atomic mass is 32.1. The monoisotopic (exact) mass is 314 g/mol. The summed E-state index contributed by atoms with van der Waals surface area (Å²) in [6, 6.07) is 12.0. The Bertz CT molecular complexity index is 722. The van der Waals surface area contributed by atoms with E-state index in [4.69, 9.17) is 9.15 Å². The van der Waals surface area contributed by atoms with E-state index in [9.17, 15) is 0 Å². The molecule has 0 N–H and O–H groups in total. The van der Waals surface area contributed by atoms with Crippen molar-refractivity contribution in [1.29, 1.82) is 0 Å². The average Bonchev–Trinajstić information content (AvgIpc) is 3.18. The molecule has 3 rings (SSSR count). The predicted molar refractivity (Wildman–Crippen MR) is 88.0 cm³/mol. The van der Waals surface area contributed by atoms with E-state index in [0.717, 1.165) is 35.3 Å². The molecule has 0 aliphatic rings. The second-order valence-electron chi connectivity index (χ2n) is 5.15. The van der Waals surface area contributed by atoms with Gasteiger partial charge >= 0.3 is 0 Å². The van der Waals surface area contributed by atoms with Crippen LogP contribution in [-0.2, 0) is 13.1 Å². The largest absolute Gasteiger partial charge is 0.497 e. The molecule has 1 aromatic carbocycles. The van der Waals surface area contributed by atoms with Crippen LogP contribution >= 0.6 is 11.3 Å². The van der Waals surface area contributed by atoms with Crippen molar-refractivity contribution < 1.29 is 9.15 Å². The molecule has 3 aromatic rings. The second kappa shape index (κ2) is 6.77. The quantitative estimate of drug-likeness (QED) is 0.688. The minimum Gasteiger partial charge on any atom is -0.497 e. The number of rotatable bonds is 6. The first-order valence-corrected chi connectivity index (χ1v) is 7.92. The molecule has 0 saturated carbocycles. The number of hydrogen-bond acceptors (Lipinski definition) is 5. The first kappa shape index (κ1) is 14.8. The van der Waals surface area contributed by atoms with E-state index in [1.54, 1.807) is 24.7 Å². The number of nitrogens with zero attached hydrogens (tertiary/aromatic N) is 2. The summed E-state index contributed by atoms with van der Waals surface area (Å²) in [6.45, 7) is 1.65. The molecular formula is C17H18N2O2S.